The van der Waals surface area contributed by atoms with Crippen LogP contribution >= 0.6 is 11.8 Å². The summed E-state index contributed by atoms with van der Waals surface area (Å²) >= 11 is 1.25. The van der Waals surface area contributed by atoms with Crippen molar-refractivity contribution in [1.29, 1.82) is 0 Å². The highest BCUT2D eigenvalue weighted by Crippen LogP contribution is 2.21. The molecule has 4 aromatic rings. The summed E-state index contributed by atoms with van der Waals surface area (Å²) in [6.45, 7) is 1.96. The molecule has 32 heavy (non-hydrogen) atoms. The molecule has 2 N–H and O–H groups in total. The van der Waals surface area contributed by atoms with Crippen molar-refractivity contribution in [3.63, 3.8) is 0 Å². The average Bonchev–Trinajstić information content (AvgIpc) is 3.22. The number of aryl methyl sites for hydroxylation is 1. The second-order valence-corrected chi connectivity index (χ2v) is 8.24. The lowest BCUT2D eigenvalue weighted by molar-refractivity contribution is -0.113. The molecule has 0 saturated carbocycles. The van der Waals surface area contributed by atoms with Crippen LogP contribution in [-0.2, 0) is 11.8 Å². The Kier molecular flexibility index (Phi) is 6.46. The van der Waals surface area contributed by atoms with Crippen molar-refractivity contribution in [2.75, 3.05) is 11.1 Å². The summed E-state index contributed by atoms with van der Waals surface area (Å²) in [4.78, 5) is 24.8. The van der Waals surface area contributed by atoms with Gasteiger partial charge >= 0.3 is 0 Å². The Hall–Kier alpha value is -3.72. The summed E-state index contributed by atoms with van der Waals surface area (Å²) in [5.74, 6) is -0.172. The van der Waals surface area contributed by atoms with E-state index in [4.69, 9.17) is 0 Å². The summed E-state index contributed by atoms with van der Waals surface area (Å²) in [5.41, 5.74) is 2.18. The Labute approximate surface area is 189 Å². The molecule has 0 spiro atoms. The van der Waals surface area contributed by atoms with E-state index in [1.165, 1.54) is 21.8 Å². The molecule has 9 heteroatoms. The highest BCUT2D eigenvalue weighted by atomic mass is 32.2. The first kappa shape index (κ1) is 21.5. The molecule has 4 rings (SSSR count). The minimum absolute atomic E-state index is 0.140. The molecule has 1 aromatic heterocycles. The Morgan fingerprint density at radius 3 is 2.50 bits per heavy atom. The van der Waals surface area contributed by atoms with E-state index in [0.717, 1.165) is 10.9 Å². The van der Waals surface area contributed by atoms with Gasteiger partial charge in [0.05, 0.1) is 11.8 Å². The predicted molar refractivity (Wildman–Crippen MR) is 124 cm³/mol. The van der Waals surface area contributed by atoms with Crippen LogP contribution in [0, 0.1) is 0 Å². The summed E-state index contributed by atoms with van der Waals surface area (Å²) in [5, 5.41) is 19.8. The third kappa shape index (κ3) is 5.12. The minimum Gasteiger partial charge on any atom is -0.346 e. The lowest BCUT2D eigenvalue weighted by Crippen LogP contribution is -2.26. The van der Waals surface area contributed by atoms with Crippen LogP contribution in [0.5, 0.6) is 0 Å². The van der Waals surface area contributed by atoms with Gasteiger partial charge in [-0.3, -0.25) is 9.59 Å². The fourth-order valence-electron chi connectivity index (χ4n) is 3.22. The van der Waals surface area contributed by atoms with Crippen molar-refractivity contribution in [3.05, 3.63) is 77.9 Å². The molecular formula is C23H22N6O2S. The number of hydrogen-bond acceptors (Lipinski definition) is 6. The summed E-state index contributed by atoms with van der Waals surface area (Å²) in [6.07, 6.45) is 0. The lowest BCUT2D eigenvalue weighted by Gasteiger charge is -2.15. The number of carbonyl (C=O) groups excluding carboxylic acids is 2. The zero-order chi connectivity index (χ0) is 22.5. The van der Waals surface area contributed by atoms with Crippen LogP contribution in [0.2, 0.25) is 0 Å². The van der Waals surface area contributed by atoms with Crippen molar-refractivity contribution in [3.8, 4) is 0 Å². The first-order valence-corrected chi connectivity index (χ1v) is 11.0. The number of aromatic nitrogens is 4. The summed E-state index contributed by atoms with van der Waals surface area (Å²) in [6, 6.07) is 21.0. The standard InChI is InChI=1S/C23H22N6O2S/c1-15(18-8-7-16-5-3-4-6-19(16)13-18)24-22(31)17-9-11-20(12-10-17)25-21(30)14-32-23-26-27-28-29(23)2/h3-13,15H,14H2,1-2H3,(H,24,31)(H,25,30)/t15-/m1/s1. The van der Waals surface area contributed by atoms with Crippen LogP contribution in [0.1, 0.15) is 28.9 Å². The highest BCUT2D eigenvalue weighted by Gasteiger charge is 2.13. The molecule has 0 saturated heterocycles. The molecule has 0 aliphatic carbocycles. The van der Waals surface area contributed by atoms with Gasteiger partial charge in [-0.1, -0.05) is 48.2 Å². The molecule has 0 unspecified atom stereocenters. The van der Waals surface area contributed by atoms with Gasteiger partial charge in [0, 0.05) is 18.3 Å². The lowest BCUT2D eigenvalue weighted by atomic mass is 10.0. The van der Waals surface area contributed by atoms with E-state index >= 15 is 0 Å². The third-order valence-electron chi connectivity index (χ3n) is 4.97. The highest BCUT2D eigenvalue weighted by molar-refractivity contribution is 7.99. The van der Waals surface area contributed by atoms with Crippen molar-refractivity contribution < 1.29 is 9.59 Å². The first-order valence-electron chi connectivity index (χ1n) is 10.0. The second kappa shape index (κ2) is 9.61. The second-order valence-electron chi connectivity index (χ2n) is 7.30. The van der Waals surface area contributed by atoms with Gasteiger partial charge in [-0.05, 0) is 64.0 Å². The van der Waals surface area contributed by atoms with E-state index in [9.17, 15) is 9.59 Å². The van der Waals surface area contributed by atoms with Crippen LogP contribution in [0.3, 0.4) is 0 Å². The third-order valence-corrected chi connectivity index (χ3v) is 5.98. The molecule has 0 fully saturated rings. The van der Waals surface area contributed by atoms with Gasteiger partial charge in [0.2, 0.25) is 11.1 Å². The molecule has 2 amide bonds. The molecule has 0 bridgehead atoms. The van der Waals surface area contributed by atoms with Crippen molar-refractivity contribution in [2.24, 2.45) is 7.05 Å². The number of carbonyl (C=O) groups is 2. The van der Waals surface area contributed by atoms with Crippen molar-refractivity contribution >= 4 is 40.0 Å². The fourth-order valence-corrected chi connectivity index (χ4v) is 3.87. The molecule has 1 heterocycles. The van der Waals surface area contributed by atoms with Gasteiger partial charge in [-0.2, -0.15) is 0 Å². The number of anilines is 1. The van der Waals surface area contributed by atoms with E-state index < -0.39 is 0 Å². The topological polar surface area (TPSA) is 102 Å². The zero-order valence-electron chi connectivity index (χ0n) is 17.6. The number of rotatable bonds is 7. The molecule has 0 aliphatic rings. The van der Waals surface area contributed by atoms with Gasteiger partial charge < -0.3 is 10.6 Å². The number of amides is 2. The van der Waals surface area contributed by atoms with Crippen LogP contribution in [0.15, 0.2) is 71.9 Å². The maximum atomic E-state index is 12.7. The molecule has 162 valence electrons. The van der Waals surface area contributed by atoms with E-state index in [1.54, 1.807) is 31.3 Å². The molecular weight excluding hydrogens is 424 g/mol. The monoisotopic (exact) mass is 446 g/mol. The number of nitrogens with one attached hydrogen (secondary N) is 2. The van der Waals surface area contributed by atoms with Crippen molar-refractivity contribution in [2.45, 2.75) is 18.1 Å². The Morgan fingerprint density at radius 2 is 1.78 bits per heavy atom. The van der Waals surface area contributed by atoms with Gasteiger partial charge in [0.1, 0.15) is 0 Å². The van der Waals surface area contributed by atoms with E-state index in [-0.39, 0.29) is 23.6 Å². The van der Waals surface area contributed by atoms with Gasteiger partial charge in [0.25, 0.3) is 5.91 Å². The number of hydrogen-bond donors (Lipinski definition) is 2. The van der Waals surface area contributed by atoms with Gasteiger partial charge in [-0.25, -0.2) is 4.68 Å². The van der Waals surface area contributed by atoms with Crippen LogP contribution in [-0.4, -0.2) is 37.8 Å². The number of thioether (sulfide) groups is 1. The maximum Gasteiger partial charge on any atom is 0.251 e. The molecule has 1 atom stereocenters. The first-order chi connectivity index (χ1) is 15.5. The number of nitrogens with zero attached hydrogens (tertiary/aromatic N) is 4. The molecule has 0 aliphatic heterocycles. The molecule has 0 radical (unpaired) electrons. The van der Waals surface area contributed by atoms with E-state index in [0.29, 0.717) is 16.4 Å². The zero-order valence-corrected chi connectivity index (χ0v) is 18.5. The molecule has 8 nitrogen and oxygen atoms in total. The van der Waals surface area contributed by atoms with Gasteiger partial charge in [-0.15, -0.1) is 5.10 Å². The maximum absolute atomic E-state index is 12.7. The summed E-state index contributed by atoms with van der Waals surface area (Å²) in [7, 11) is 1.71. The van der Waals surface area contributed by atoms with Crippen LogP contribution < -0.4 is 10.6 Å². The van der Waals surface area contributed by atoms with Crippen LogP contribution in [0.4, 0.5) is 5.69 Å². The largest absolute Gasteiger partial charge is 0.346 e. The summed E-state index contributed by atoms with van der Waals surface area (Å²) < 4.78 is 1.50. The quantitative estimate of drug-likeness (QED) is 0.421. The smallest absolute Gasteiger partial charge is 0.251 e. The Balaban J connectivity index is 1.33. The number of benzene rings is 3. The number of tetrazole rings is 1. The molecule has 3 aromatic carbocycles. The minimum atomic E-state index is -0.180. The van der Waals surface area contributed by atoms with Crippen molar-refractivity contribution in [1.82, 2.24) is 25.5 Å². The van der Waals surface area contributed by atoms with Gasteiger partial charge in [0.15, 0.2) is 0 Å². The normalized spacial score (nSPS) is 11.8. The average molecular weight is 447 g/mol. The number of fused-ring (bicyclic) bond motifs is 1. The van der Waals surface area contributed by atoms with E-state index in [2.05, 4.69) is 50.4 Å². The van der Waals surface area contributed by atoms with Crippen LogP contribution in [0.25, 0.3) is 10.8 Å². The predicted octanol–water partition coefficient (Wildman–Crippen LogP) is 3.59. The Bertz CT molecular complexity index is 1250. The fraction of sp³-hybridized carbons (Fsp3) is 0.174. The van der Waals surface area contributed by atoms with E-state index in [1.807, 2.05) is 25.1 Å². The Morgan fingerprint density at radius 1 is 1.03 bits per heavy atom. The SMILES string of the molecule is C[C@@H](NC(=O)c1ccc(NC(=O)CSc2nnnn2C)cc1)c1ccc2ccccc2c1.